The molecule has 0 aromatic carbocycles. The molecule has 6 nitrogen and oxygen atoms in total. The second-order valence-electron chi connectivity index (χ2n) is 6.65. The number of nitrogens with zero attached hydrogens (tertiary/aromatic N) is 2. The Balaban J connectivity index is 2.12. The molecule has 1 aliphatic rings. The maximum atomic E-state index is 12.6. The second-order valence-corrected chi connectivity index (χ2v) is 9.29. The number of carbonyl (C=O) groups is 1. The van der Waals surface area contributed by atoms with Crippen LogP contribution in [0.15, 0.2) is 12.3 Å². The van der Waals surface area contributed by atoms with Gasteiger partial charge in [0.25, 0.3) is 0 Å². The molecule has 8 heteroatoms. The van der Waals surface area contributed by atoms with Gasteiger partial charge in [0.1, 0.15) is 5.69 Å². The molecule has 2 amide bonds. The monoisotopic (exact) mass is 373 g/mol. The molecule has 1 aromatic rings. The third kappa shape index (κ3) is 4.83. The number of halogens is 1. The standard InChI is InChI=1S/C16H24ClN3O3S/c1-11(2)23-14-13(9-12(17)10-18-14)19-15(21)20-6-5-16(3,4)24(22)8-7-20/h9-11H,5-8H2,1-4H3,(H,19,21). The Morgan fingerprint density at radius 2 is 2.17 bits per heavy atom. The Bertz CT molecular complexity index is 637. The highest BCUT2D eigenvalue weighted by molar-refractivity contribution is 7.86. The van der Waals surface area contributed by atoms with Gasteiger partial charge in [-0.25, -0.2) is 9.78 Å². The number of amides is 2. The third-order valence-corrected chi connectivity index (χ3v) is 6.04. The number of aromatic nitrogens is 1. The average molecular weight is 374 g/mol. The number of rotatable bonds is 3. The van der Waals surface area contributed by atoms with Crippen LogP contribution < -0.4 is 10.1 Å². The first-order chi connectivity index (χ1) is 11.2. The van der Waals surface area contributed by atoms with Crippen molar-refractivity contribution in [1.82, 2.24) is 9.88 Å². The number of pyridine rings is 1. The van der Waals surface area contributed by atoms with E-state index in [1.807, 2.05) is 27.7 Å². The number of ether oxygens (including phenoxy) is 1. The molecule has 1 aromatic heterocycles. The molecular weight excluding hydrogens is 350 g/mol. The fraction of sp³-hybridized carbons (Fsp3) is 0.625. The molecule has 2 heterocycles. The molecular formula is C16H24ClN3O3S. The molecule has 1 aliphatic heterocycles. The molecule has 0 aliphatic carbocycles. The van der Waals surface area contributed by atoms with E-state index in [9.17, 15) is 9.00 Å². The van der Waals surface area contributed by atoms with Gasteiger partial charge in [-0.15, -0.1) is 0 Å². The van der Waals surface area contributed by atoms with Crippen LogP contribution in [0.25, 0.3) is 0 Å². The summed E-state index contributed by atoms with van der Waals surface area (Å²) in [4.78, 5) is 18.4. The van der Waals surface area contributed by atoms with E-state index < -0.39 is 10.8 Å². The summed E-state index contributed by atoms with van der Waals surface area (Å²) in [6, 6.07) is 1.35. The second kappa shape index (κ2) is 7.70. The fourth-order valence-electron chi connectivity index (χ4n) is 2.33. The lowest BCUT2D eigenvalue weighted by atomic mass is 10.1. The normalized spacial score (nSPS) is 20.6. The SMILES string of the molecule is CC(C)Oc1ncc(Cl)cc1NC(=O)N1CCS(=O)C(C)(C)CC1. The Kier molecular flexibility index (Phi) is 6.09. The van der Waals surface area contributed by atoms with Gasteiger partial charge in [-0.05, 0) is 40.2 Å². The van der Waals surface area contributed by atoms with Crippen LogP contribution >= 0.6 is 11.6 Å². The van der Waals surface area contributed by atoms with Crippen LogP contribution in [0.3, 0.4) is 0 Å². The number of carbonyl (C=O) groups excluding carboxylic acids is 1. The number of hydrogen-bond acceptors (Lipinski definition) is 4. The molecule has 1 atom stereocenters. The van der Waals surface area contributed by atoms with E-state index in [0.29, 0.717) is 41.9 Å². The lowest BCUT2D eigenvalue weighted by molar-refractivity contribution is 0.212. The van der Waals surface area contributed by atoms with Gasteiger partial charge in [0, 0.05) is 40.6 Å². The predicted molar refractivity (Wildman–Crippen MR) is 97.3 cm³/mol. The molecule has 134 valence electrons. The molecule has 2 rings (SSSR count). The maximum absolute atomic E-state index is 12.6. The summed E-state index contributed by atoms with van der Waals surface area (Å²) in [5, 5.41) is 3.23. The molecule has 0 bridgehead atoms. The highest BCUT2D eigenvalue weighted by Gasteiger charge is 2.31. The summed E-state index contributed by atoms with van der Waals surface area (Å²) in [7, 11) is -0.947. The fourth-order valence-corrected chi connectivity index (χ4v) is 3.75. The first kappa shape index (κ1) is 19.0. The first-order valence-electron chi connectivity index (χ1n) is 7.95. The molecule has 1 fully saturated rings. The Hall–Kier alpha value is -1.34. The van der Waals surface area contributed by atoms with Gasteiger partial charge in [-0.3, -0.25) is 4.21 Å². The molecule has 1 saturated heterocycles. The molecule has 0 spiro atoms. The van der Waals surface area contributed by atoms with Gasteiger partial charge >= 0.3 is 6.03 Å². The first-order valence-corrected chi connectivity index (χ1v) is 9.65. The van der Waals surface area contributed by atoms with Crippen LogP contribution in [-0.4, -0.2) is 49.8 Å². The highest BCUT2D eigenvalue weighted by Crippen LogP contribution is 2.27. The number of anilines is 1. The maximum Gasteiger partial charge on any atom is 0.322 e. The summed E-state index contributed by atoms with van der Waals surface area (Å²) >= 11 is 5.98. The van der Waals surface area contributed by atoms with E-state index in [0.717, 1.165) is 0 Å². The number of nitrogens with one attached hydrogen (secondary N) is 1. The summed E-state index contributed by atoms with van der Waals surface area (Å²) in [6.45, 7) is 8.72. The van der Waals surface area contributed by atoms with Crippen molar-refractivity contribution >= 4 is 34.1 Å². The van der Waals surface area contributed by atoms with Crippen molar-refractivity contribution < 1.29 is 13.7 Å². The van der Waals surface area contributed by atoms with Crippen molar-refractivity contribution in [3.8, 4) is 5.88 Å². The largest absolute Gasteiger partial charge is 0.473 e. The number of urea groups is 1. The van der Waals surface area contributed by atoms with Crippen molar-refractivity contribution in [1.29, 1.82) is 0 Å². The van der Waals surface area contributed by atoms with Gasteiger partial charge < -0.3 is 15.0 Å². The highest BCUT2D eigenvalue weighted by atomic mass is 35.5. The summed E-state index contributed by atoms with van der Waals surface area (Å²) in [5.74, 6) is 0.810. The zero-order valence-electron chi connectivity index (χ0n) is 14.5. The lowest BCUT2D eigenvalue weighted by Crippen LogP contribution is -2.37. The van der Waals surface area contributed by atoms with E-state index in [2.05, 4.69) is 10.3 Å². The lowest BCUT2D eigenvalue weighted by Gasteiger charge is -2.23. The van der Waals surface area contributed by atoms with Crippen molar-refractivity contribution in [2.75, 3.05) is 24.2 Å². The van der Waals surface area contributed by atoms with Gasteiger partial charge in [0.05, 0.1) is 11.1 Å². The zero-order valence-corrected chi connectivity index (χ0v) is 16.0. The van der Waals surface area contributed by atoms with Crippen LogP contribution in [0.5, 0.6) is 5.88 Å². The summed E-state index contributed by atoms with van der Waals surface area (Å²) in [5.41, 5.74) is 0.436. The van der Waals surface area contributed by atoms with Crippen LogP contribution in [0.1, 0.15) is 34.1 Å². The predicted octanol–water partition coefficient (Wildman–Crippen LogP) is 3.29. The van der Waals surface area contributed by atoms with Crippen LogP contribution in [-0.2, 0) is 10.8 Å². The average Bonchev–Trinajstić information content (AvgIpc) is 2.61. The van der Waals surface area contributed by atoms with Gasteiger partial charge in [0.15, 0.2) is 0 Å². The minimum atomic E-state index is -0.947. The molecule has 0 radical (unpaired) electrons. The smallest absolute Gasteiger partial charge is 0.322 e. The van der Waals surface area contributed by atoms with Crippen molar-refractivity contribution in [2.24, 2.45) is 0 Å². The molecule has 1 N–H and O–H groups in total. The van der Waals surface area contributed by atoms with Crippen LogP contribution in [0.2, 0.25) is 5.02 Å². The third-order valence-electron chi connectivity index (χ3n) is 3.84. The van der Waals surface area contributed by atoms with E-state index >= 15 is 0 Å². The van der Waals surface area contributed by atoms with E-state index in [1.165, 1.54) is 6.20 Å². The molecule has 24 heavy (non-hydrogen) atoms. The van der Waals surface area contributed by atoms with E-state index in [1.54, 1.807) is 11.0 Å². The van der Waals surface area contributed by atoms with E-state index in [4.69, 9.17) is 16.3 Å². The van der Waals surface area contributed by atoms with Crippen molar-refractivity contribution in [3.05, 3.63) is 17.3 Å². The summed E-state index contributed by atoms with van der Waals surface area (Å²) < 4.78 is 17.5. The van der Waals surface area contributed by atoms with Crippen LogP contribution in [0.4, 0.5) is 10.5 Å². The Labute approximate surface area is 150 Å². The quantitative estimate of drug-likeness (QED) is 0.882. The van der Waals surface area contributed by atoms with Crippen LogP contribution in [0, 0.1) is 0 Å². The number of hydrogen-bond donors (Lipinski definition) is 1. The van der Waals surface area contributed by atoms with Crippen molar-refractivity contribution in [2.45, 2.75) is 45.0 Å². The zero-order chi connectivity index (χ0) is 17.9. The molecule has 1 unspecified atom stereocenters. The topological polar surface area (TPSA) is 71.5 Å². The van der Waals surface area contributed by atoms with Gasteiger partial charge in [-0.1, -0.05) is 11.6 Å². The Morgan fingerprint density at radius 3 is 2.83 bits per heavy atom. The minimum absolute atomic E-state index is 0.0734. The van der Waals surface area contributed by atoms with E-state index in [-0.39, 0.29) is 16.9 Å². The van der Waals surface area contributed by atoms with Crippen molar-refractivity contribution in [3.63, 3.8) is 0 Å². The minimum Gasteiger partial charge on any atom is -0.473 e. The molecule has 0 saturated carbocycles. The van der Waals surface area contributed by atoms with Gasteiger partial charge in [-0.2, -0.15) is 0 Å². The summed E-state index contributed by atoms with van der Waals surface area (Å²) in [6.07, 6.45) is 2.10. The van der Waals surface area contributed by atoms with Gasteiger partial charge in [0.2, 0.25) is 5.88 Å². The Morgan fingerprint density at radius 1 is 1.46 bits per heavy atom.